The number of thiazole rings is 1. The Morgan fingerprint density at radius 1 is 1.12 bits per heavy atom. The van der Waals surface area contributed by atoms with Gasteiger partial charge in [-0.2, -0.15) is 0 Å². The molecule has 7 heteroatoms. The van der Waals surface area contributed by atoms with Crippen LogP contribution in [0, 0.1) is 0 Å². The van der Waals surface area contributed by atoms with E-state index in [0.29, 0.717) is 19.3 Å². The summed E-state index contributed by atoms with van der Waals surface area (Å²) in [4.78, 5) is 9.60. The molecule has 0 aliphatic carbocycles. The number of ether oxygens (including phenoxy) is 3. The fraction of sp³-hybridized carbons (Fsp3) is 0.588. The minimum Gasteiger partial charge on any atom is -0.377 e. The van der Waals surface area contributed by atoms with Crippen LogP contribution in [0.2, 0.25) is 0 Å². The molecule has 2 aromatic rings. The molecule has 2 aliphatic rings. The number of hydrogen-bond donors (Lipinski definition) is 0. The predicted octanol–water partition coefficient (Wildman–Crippen LogP) is 3.43. The zero-order valence-electron chi connectivity index (χ0n) is 13.6. The third-order valence-corrected chi connectivity index (χ3v) is 6.08. The maximum Gasteiger partial charge on any atom is 0.211 e. The Labute approximate surface area is 150 Å². The van der Waals surface area contributed by atoms with E-state index in [2.05, 4.69) is 27.4 Å². The third kappa shape index (κ3) is 4.22. The second-order valence-electron chi connectivity index (χ2n) is 6.12. The zero-order chi connectivity index (χ0) is 16.2. The van der Waals surface area contributed by atoms with Gasteiger partial charge in [-0.05, 0) is 24.3 Å². The molecule has 0 bridgehead atoms. The largest absolute Gasteiger partial charge is 0.377 e. The van der Waals surface area contributed by atoms with Crippen molar-refractivity contribution in [2.45, 2.75) is 38.3 Å². The van der Waals surface area contributed by atoms with Crippen molar-refractivity contribution in [2.24, 2.45) is 0 Å². The van der Waals surface area contributed by atoms with Gasteiger partial charge in [-0.3, -0.25) is 4.90 Å². The van der Waals surface area contributed by atoms with Gasteiger partial charge in [0.15, 0.2) is 0 Å². The highest BCUT2D eigenvalue weighted by molar-refractivity contribution is 7.11. The maximum absolute atomic E-state index is 5.84. The number of rotatable bonds is 7. The SMILES string of the molecule is c1csc(CN(Cc2cnc(C3OCCO3)s2)CC2CCCO2)c1. The van der Waals surface area contributed by atoms with E-state index in [1.807, 2.05) is 17.5 Å². The summed E-state index contributed by atoms with van der Waals surface area (Å²) in [7, 11) is 0. The summed E-state index contributed by atoms with van der Waals surface area (Å²) in [6.45, 7) is 5.04. The Morgan fingerprint density at radius 2 is 2.00 bits per heavy atom. The first-order valence-corrected chi connectivity index (χ1v) is 10.1. The average molecular weight is 367 g/mol. The summed E-state index contributed by atoms with van der Waals surface area (Å²) in [5, 5.41) is 3.06. The van der Waals surface area contributed by atoms with Crippen molar-refractivity contribution in [2.75, 3.05) is 26.4 Å². The van der Waals surface area contributed by atoms with Gasteiger partial charge >= 0.3 is 0 Å². The Balaban J connectivity index is 1.41. The van der Waals surface area contributed by atoms with Crippen molar-refractivity contribution in [3.8, 4) is 0 Å². The molecule has 2 fully saturated rings. The van der Waals surface area contributed by atoms with Crippen LogP contribution >= 0.6 is 22.7 Å². The minimum absolute atomic E-state index is 0.271. The summed E-state index contributed by atoms with van der Waals surface area (Å²) >= 11 is 3.50. The predicted molar refractivity (Wildman–Crippen MR) is 94.2 cm³/mol. The molecule has 1 unspecified atom stereocenters. The lowest BCUT2D eigenvalue weighted by atomic mass is 10.2. The fourth-order valence-corrected chi connectivity index (χ4v) is 4.82. The molecule has 4 heterocycles. The van der Waals surface area contributed by atoms with Crippen LogP contribution in [0.15, 0.2) is 23.7 Å². The van der Waals surface area contributed by atoms with Gasteiger partial charge in [0.1, 0.15) is 5.01 Å². The van der Waals surface area contributed by atoms with Gasteiger partial charge in [-0.25, -0.2) is 4.98 Å². The molecule has 130 valence electrons. The molecule has 1 atom stereocenters. The lowest BCUT2D eigenvalue weighted by molar-refractivity contribution is -0.0442. The molecule has 2 saturated heterocycles. The van der Waals surface area contributed by atoms with Gasteiger partial charge in [0.25, 0.3) is 0 Å². The van der Waals surface area contributed by atoms with Crippen molar-refractivity contribution >= 4 is 22.7 Å². The van der Waals surface area contributed by atoms with E-state index in [4.69, 9.17) is 14.2 Å². The number of aromatic nitrogens is 1. The molecule has 0 aromatic carbocycles. The van der Waals surface area contributed by atoms with E-state index in [9.17, 15) is 0 Å². The van der Waals surface area contributed by atoms with Gasteiger partial charge in [0.2, 0.25) is 6.29 Å². The fourth-order valence-electron chi connectivity index (χ4n) is 3.11. The highest BCUT2D eigenvalue weighted by Gasteiger charge is 2.23. The molecule has 2 aliphatic heterocycles. The summed E-state index contributed by atoms with van der Waals surface area (Å²) in [6, 6.07) is 4.31. The monoisotopic (exact) mass is 366 g/mol. The van der Waals surface area contributed by atoms with E-state index >= 15 is 0 Å². The highest BCUT2D eigenvalue weighted by atomic mass is 32.1. The molecule has 0 saturated carbocycles. The third-order valence-electron chi connectivity index (χ3n) is 4.22. The van der Waals surface area contributed by atoms with E-state index in [0.717, 1.165) is 31.2 Å². The Hall–Kier alpha value is -0.830. The second-order valence-corrected chi connectivity index (χ2v) is 8.30. The zero-order valence-corrected chi connectivity index (χ0v) is 15.2. The van der Waals surface area contributed by atoms with Gasteiger partial charge in [0.05, 0.1) is 19.3 Å². The quantitative estimate of drug-likeness (QED) is 0.751. The molecule has 0 spiro atoms. The maximum atomic E-state index is 5.84. The Kier molecular flexibility index (Phi) is 5.57. The Morgan fingerprint density at radius 3 is 2.75 bits per heavy atom. The van der Waals surface area contributed by atoms with E-state index in [-0.39, 0.29) is 6.29 Å². The summed E-state index contributed by atoms with van der Waals surface area (Å²) in [5.74, 6) is 0. The van der Waals surface area contributed by atoms with Crippen LogP contribution in [-0.4, -0.2) is 42.4 Å². The molecule has 2 aromatic heterocycles. The smallest absolute Gasteiger partial charge is 0.211 e. The first-order chi connectivity index (χ1) is 11.9. The summed E-state index contributed by atoms with van der Waals surface area (Å²) in [5.41, 5.74) is 0. The number of nitrogens with zero attached hydrogens (tertiary/aromatic N) is 2. The minimum atomic E-state index is -0.271. The first kappa shape index (κ1) is 16.6. The van der Waals surface area contributed by atoms with Crippen molar-refractivity contribution in [1.29, 1.82) is 0 Å². The summed E-state index contributed by atoms with van der Waals surface area (Å²) in [6.07, 6.45) is 4.39. The van der Waals surface area contributed by atoms with Gasteiger partial charge in [0, 0.05) is 42.2 Å². The van der Waals surface area contributed by atoms with Crippen molar-refractivity contribution in [3.05, 3.63) is 38.5 Å². The molecular formula is C17H22N2O3S2. The molecule has 0 radical (unpaired) electrons. The van der Waals surface area contributed by atoms with E-state index in [1.54, 1.807) is 11.3 Å². The highest BCUT2D eigenvalue weighted by Crippen LogP contribution is 2.28. The average Bonchev–Trinajstić information content (AvgIpc) is 3.37. The van der Waals surface area contributed by atoms with Crippen molar-refractivity contribution in [3.63, 3.8) is 0 Å². The first-order valence-electron chi connectivity index (χ1n) is 8.41. The lowest BCUT2D eigenvalue weighted by Crippen LogP contribution is -2.31. The number of hydrogen-bond acceptors (Lipinski definition) is 7. The van der Waals surface area contributed by atoms with Crippen LogP contribution in [0.3, 0.4) is 0 Å². The molecule has 4 rings (SSSR count). The molecular weight excluding hydrogens is 344 g/mol. The molecule has 0 amide bonds. The van der Waals surface area contributed by atoms with Crippen LogP contribution < -0.4 is 0 Å². The van der Waals surface area contributed by atoms with Crippen LogP contribution in [0.5, 0.6) is 0 Å². The molecule has 5 nitrogen and oxygen atoms in total. The molecule has 0 N–H and O–H groups in total. The normalized spacial score (nSPS) is 22.0. The van der Waals surface area contributed by atoms with Crippen molar-refractivity contribution in [1.82, 2.24) is 9.88 Å². The Bertz CT molecular complexity index is 620. The second kappa shape index (κ2) is 8.03. The standard InChI is InChI=1S/C17H22N2O3S2/c1-3-13(20-5-1)10-19(11-14-4-2-8-23-14)12-15-9-18-16(24-15)17-21-6-7-22-17/h2,4,8-9,13,17H,1,3,5-7,10-12H2. The van der Waals surface area contributed by atoms with Gasteiger partial charge in [-0.1, -0.05) is 6.07 Å². The van der Waals surface area contributed by atoms with Crippen LogP contribution in [0.1, 0.15) is 33.9 Å². The summed E-state index contributed by atoms with van der Waals surface area (Å²) < 4.78 is 16.9. The van der Waals surface area contributed by atoms with E-state index in [1.165, 1.54) is 22.6 Å². The lowest BCUT2D eigenvalue weighted by Gasteiger charge is -2.24. The molecule has 24 heavy (non-hydrogen) atoms. The van der Waals surface area contributed by atoms with Crippen LogP contribution in [0.25, 0.3) is 0 Å². The van der Waals surface area contributed by atoms with E-state index < -0.39 is 0 Å². The topological polar surface area (TPSA) is 43.8 Å². The van der Waals surface area contributed by atoms with Crippen molar-refractivity contribution < 1.29 is 14.2 Å². The van der Waals surface area contributed by atoms with Crippen LogP contribution in [-0.2, 0) is 27.3 Å². The van der Waals surface area contributed by atoms with Crippen LogP contribution in [0.4, 0.5) is 0 Å². The van der Waals surface area contributed by atoms with Gasteiger partial charge < -0.3 is 14.2 Å². The number of thiophene rings is 1. The van der Waals surface area contributed by atoms with Gasteiger partial charge in [-0.15, -0.1) is 22.7 Å².